The molecule has 16 heavy (non-hydrogen) atoms. The van der Waals surface area contributed by atoms with Crippen LogP contribution in [0.2, 0.25) is 0 Å². The normalized spacial score (nSPS) is 11.4. The molecular formula is C15H14S. The monoisotopic (exact) mass is 226 g/mol. The first kappa shape index (κ1) is 11.0. The molecule has 0 aliphatic rings. The lowest BCUT2D eigenvalue weighted by Gasteiger charge is -2.01. The van der Waals surface area contributed by atoms with Crippen LogP contribution in [0, 0.1) is 0 Å². The Bertz CT molecular complexity index is 457. The van der Waals surface area contributed by atoms with Crippen molar-refractivity contribution in [1.29, 1.82) is 0 Å². The molecule has 0 aliphatic carbocycles. The number of allylic oxidation sites excluding steroid dienone is 1. The van der Waals surface area contributed by atoms with Crippen LogP contribution >= 0.6 is 11.8 Å². The van der Waals surface area contributed by atoms with Crippen molar-refractivity contribution in [2.45, 2.75) is 11.8 Å². The van der Waals surface area contributed by atoms with Crippen molar-refractivity contribution >= 4 is 17.3 Å². The molecule has 0 aliphatic heterocycles. The Hall–Kier alpha value is -1.47. The van der Waals surface area contributed by atoms with Gasteiger partial charge in [-0.15, -0.1) is 0 Å². The molecule has 0 nitrogen and oxygen atoms in total. The van der Waals surface area contributed by atoms with E-state index in [-0.39, 0.29) is 0 Å². The molecule has 0 bridgehead atoms. The van der Waals surface area contributed by atoms with Crippen LogP contribution in [0.15, 0.2) is 71.0 Å². The van der Waals surface area contributed by atoms with Gasteiger partial charge in [0.15, 0.2) is 0 Å². The van der Waals surface area contributed by atoms with Crippen molar-refractivity contribution < 1.29 is 0 Å². The summed E-state index contributed by atoms with van der Waals surface area (Å²) in [6, 6.07) is 20.9. The third-order valence-electron chi connectivity index (χ3n) is 2.34. The summed E-state index contributed by atoms with van der Waals surface area (Å²) in [6.07, 6.45) is 0. The molecular weight excluding hydrogens is 212 g/mol. The molecule has 0 amide bonds. The van der Waals surface area contributed by atoms with Crippen molar-refractivity contribution in [2.75, 3.05) is 0 Å². The summed E-state index contributed by atoms with van der Waals surface area (Å²) in [7, 11) is 0. The first-order valence-corrected chi connectivity index (χ1v) is 6.18. The molecule has 0 unspecified atom stereocenters. The zero-order valence-corrected chi connectivity index (χ0v) is 10.1. The van der Waals surface area contributed by atoms with Gasteiger partial charge in [-0.1, -0.05) is 60.3 Å². The smallest absolute Gasteiger partial charge is 0.0116 e. The number of rotatable bonds is 3. The summed E-state index contributed by atoms with van der Waals surface area (Å²) >= 11 is 1.76. The lowest BCUT2D eigenvalue weighted by atomic mass is 10.1. The molecule has 2 aromatic carbocycles. The molecule has 1 heteroatoms. The van der Waals surface area contributed by atoms with Gasteiger partial charge in [-0.05, 0) is 35.6 Å². The van der Waals surface area contributed by atoms with Crippen LogP contribution < -0.4 is 0 Å². The molecule has 0 heterocycles. The highest BCUT2D eigenvalue weighted by atomic mass is 32.2. The quantitative estimate of drug-likeness (QED) is 0.675. The summed E-state index contributed by atoms with van der Waals surface area (Å²) in [4.78, 5) is 1.28. The van der Waals surface area contributed by atoms with Crippen LogP contribution in [0.4, 0.5) is 0 Å². The van der Waals surface area contributed by atoms with Gasteiger partial charge in [0, 0.05) is 4.90 Å². The van der Waals surface area contributed by atoms with Crippen molar-refractivity contribution in [3.63, 3.8) is 0 Å². The largest absolute Gasteiger partial charge is 0.0978 e. The number of benzene rings is 2. The number of hydrogen-bond acceptors (Lipinski definition) is 1. The topological polar surface area (TPSA) is 0 Å². The lowest BCUT2D eigenvalue weighted by molar-refractivity contribution is 1.47. The summed E-state index contributed by atoms with van der Waals surface area (Å²) in [5.74, 6) is 0. The second kappa shape index (κ2) is 5.57. The molecule has 0 atom stereocenters. The van der Waals surface area contributed by atoms with E-state index in [1.54, 1.807) is 11.8 Å². The zero-order valence-electron chi connectivity index (χ0n) is 9.26. The van der Waals surface area contributed by atoms with Crippen LogP contribution in [0.5, 0.6) is 0 Å². The Balaban J connectivity index is 2.09. The van der Waals surface area contributed by atoms with E-state index in [1.807, 2.05) is 12.1 Å². The minimum absolute atomic E-state index is 1.28. The Morgan fingerprint density at radius 2 is 1.44 bits per heavy atom. The average molecular weight is 226 g/mol. The highest BCUT2D eigenvalue weighted by Crippen LogP contribution is 2.23. The maximum atomic E-state index is 2.20. The van der Waals surface area contributed by atoms with Gasteiger partial charge in [-0.3, -0.25) is 0 Å². The molecule has 0 aromatic heterocycles. The molecule has 0 saturated heterocycles. The average Bonchev–Trinajstić information content (AvgIpc) is 2.38. The predicted molar refractivity (Wildman–Crippen MR) is 72.4 cm³/mol. The van der Waals surface area contributed by atoms with Gasteiger partial charge >= 0.3 is 0 Å². The van der Waals surface area contributed by atoms with Crippen LogP contribution in [-0.4, -0.2) is 0 Å². The van der Waals surface area contributed by atoms with Crippen molar-refractivity contribution in [1.82, 2.24) is 0 Å². The molecule has 2 rings (SSSR count). The van der Waals surface area contributed by atoms with E-state index in [9.17, 15) is 0 Å². The van der Waals surface area contributed by atoms with E-state index in [2.05, 4.69) is 60.9 Å². The molecule has 0 radical (unpaired) electrons. The van der Waals surface area contributed by atoms with Crippen molar-refractivity contribution in [3.8, 4) is 0 Å². The number of thioether (sulfide) groups is 1. The second-order valence-electron chi connectivity index (χ2n) is 3.60. The van der Waals surface area contributed by atoms with E-state index in [0.29, 0.717) is 0 Å². The van der Waals surface area contributed by atoms with E-state index >= 15 is 0 Å². The summed E-state index contributed by atoms with van der Waals surface area (Å²) < 4.78 is 0. The van der Waals surface area contributed by atoms with Crippen LogP contribution in [0.1, 0.15) is 12.5 Å². The molecule has 80 valence electrons. The van der Waals surface area contributed by atoms with Crippen molar-refractivity contribution in [3.05, 3.63) is 71.6 Å². The summed E-state index contributed by atoms with van der Waals surface area (Å²) in [6.45, 7) is 2.14. The Morgan fingerprint density at radius 3 is 2.06 bits per heavy atom. The molecule has 0 fully saturated rings. The Labute approximate surface area is 101 Å². The standard InChI is InChI=1S/C15H14S/c1-13(14-8-4-2-5-9-14)12-16-15-10-6-3-7-11-15/h2-12H,1H3/b13-12+. The first-order valence-electron chi connectivity index (χ1n) is 5.30. The van der Waals surface area contributed by atoms with E-state index in [0.717, 1.165) is 0 Å². The third kappa shape index (κ3) is 3.01. The zero-order chi connectivity index (χ0) is 11.2. The molecule has 0 saturated carbocycles. The highest BCUT2D eigenvalue weighted by Gasteiger charge is 1.94. The molecule has 2 aromatic rings. The summed E-state index contributed by atoms with van der Waals surface area (Å²) in [5.41, 5.74) is 2.58. The lowest BCUT2D eigenvalue weighted by Crippen LogP contribution is -1.76. The van der Waals surface area contributed by atoms with E-state index in [4.69, 9.17) is 0 Å². The van der Waals surface area contributed by atoms with Crippen LogP contribution in [0.3, 0.4) is 0 Å². The van der Waals surface area contributed by atoms with Crippen molar-refractivity contribution in [2.24, 2.45) is 0 Å². The van der Waals surface area contributed by atoms with Crippen LogP contribution in [0.25, 0.3) is 5.57 Å². The molecule has 0 N–H and O–H groups in total. The molecule has 0 spiro atoms. The van der Waals surface area contributed by atoms with Gasteiger partial charge in [0.25, 0.3) is 0 Å². The summed E-state index contributed by atoms with van der Waals surface area (Å²) in [5, 5.41) is 2.20. The highest BCUT2D eigenvalue weighted by molar-refractivity contribution is 8.02. The van der Waals surface area contributed by atoms with Gasteiger partial charge in [0.2, 0.25) is 0 Å². The number of hydrogen-bond donors (Lipinski definition) is 0. The first-order chi connectivity index (χ1) is 7.86. The van der Waals surface area contributed by atoms with E-state index < -0.39 is 0 Å². The van der Waals surface area contributed by atoms with Gasteiger partial charge in [-0.25, -0.2) is 0 Å². The minimum atomic E-state index is 1.28. The van der Waals surface area contributed by atoms with Gasteiger partial charge < -0.3 is 0 Å². The minimum Gasteiger partial charge on any atom is -0.0978 e. The third-order valence-corrected chi connectivity index (χ3v) is 3.36. The predicted octanol–water partition coefficient (Wildman–Crippen LogP) is 4.84. The van der Waals surface area contributed by atoms with E-state index in [1.165, 1.54) is 16.0 Å². The fourth-order valence-corrected chi connectivity index (χ4v) is 2.19. The van der Waals surface area contributed by atoms with Crippen LogP contribution in [-0.2, 0) is 0 Å². The second-order valence-corrected chi connectivity index (χ2v) is 4.54. The fraction of sp³-hybridized carbons (Fsp3) is 0.0667. The Morgan fingerprint density at radius 1 is 0.875 bits per heavy atom. The Kier molecular flexibility index (Phi) is 3.84. The fourth-order valence-electron chi connectivity index (χ4n) is 1.42. The van der Waals surface area contributed by atoms with Gasteiger partial charge in [0.1, 0.15) is 0 Å². The van der Waals surface area contributed by atoms with Gasteiger partial charge in [0.05, 0.1) is 0 Å². The van der Waals surface area contributed by atoms with Gasteiger partial charge in [-0.2, -0.15) is 0 Å². The SMILES string of the molecule is C/C(=C\Sc1ccccc1)c1ccccc1. The maximum Gasteiger partial charge on any atom is 0.0116 e. The maximum absolute atomic E-state index is 2.20.